The number of carbonyl (C=O) groups excluding carboxylic acids is 2. The number of likely N-dealkylation sites (tertiary alicyclic amines) is 1. The summed E-state index contributed by atoms with van der Waals surface area (Å²) in [6.45, 7) is 2.82. The second-order valence-electron chi connectivity index (χ2n) is 5.75. The summed E-state index contributed by atoms with van der Waals surface area (Å²) in [5.41, 5.74) is 0.403. The van der Waals surface area contributed by atoms with Crippen molar-refractivity contribution in [1.82, 2.24) is 15.5 Å². The van der Waals surface area contributed by atoms with Crippen molar-refractivity contribution in [2.24, 2.45) is 5.92 Å². The number of hydrogen-bond acceptors (Lipinski definition) is 3. The Balaban J connectivity index is 1.99. The molecule has 0 aliphatic carbocycles. The Bertz CT molecular complexity index is 545. The maximum Gasteiger partial charge on any atom is 0.322 e. The molecule has 0 bridgehead atoms. The van der Waals surface area contributed by atoms with Gasteiger partial charge in [-0.3, -0.25) is 15.0 Å². The standard InChI is InChI=1S/C15H19N3O2/c1-10-12(11-6-4-3-5-7-11)18(2)9-8-15(10)13(19)16-14(20)17-15/h3-7,10,12H,8-9H2,1-2H3,(H2,16,17,19,20)/t10-,12+,15-/m1/s1. The van der Waals surface area contributed by atoms with Crippen molar-refractivity contribution in [2.45, 2.75) is 24.9 Å². The first kappa shape index (κ1) is 13.1. The molecule has 20 heavy (non-hydrogen) atoms. The van der Waals surface area contributed by atoms with E-state index >= 15 is 0 Å². The van der Waals surface area contributed by atoms with E-state index in [0.29, 0.717) is 6.42 Å². The van der Waals surface area contributed by atoms with E-state index in [1.54, 1.807) is 0 Å². The van der Waals surface area contributed by atoms with Gasteiger partial charge in [-0.25, -0.2) is 4.79 Å². The maximum atomic E-state index is 12.2. The molecule has 0 aromatic heterocycles. The lowest BCUT2D eigenvalue weighted by Gasteiger charge is -2.47. The van der Waals surface area contributed by atoms with Crippen molar-refractivity contribution in [2.75, 3.05) is 13.6 Å². The first-order valence-corrected chi connectivity index (χ1v) is 6.93. The van der Waals surface area contributed by atoms with Crippen molar-refractivity contribution in [1.29, 1.82) is 0 Å². The Hall–Kier alpha value is -1.88. The largest absolute Gasteiger partial charge is 0.323 e. The molecule has 0 saturated carbocycles. The quantitative estimate of drug-likeness (QED) is 0.758. The van der Waals surface area contributed by atoms with E-state index in [4.69, 9.17) is 0 Å². The monoisotopic (exact) mass is 273 g/mol. The Labute approximate surface area is 118 Å². The molecule has 1 spiro atoms. The fourth-order valence-corrected chi connectivity index (χ4v) is 3.57. The molecule has 106 valence electrons. The van der Waals surface area contributed by atoms with Gasteiger partial charge in [-0.15, -0.1) is 0 Å². The molecule has 3 amide bonds. The molecule has 2 fully saturated rings. The predicted octanol–water partition coefficient (Wildman–Crippen LogP) is 1.28. The number of benzene rings is 1. The molecule has 3 atom stereocenters. The number of nitrogens with zero attached hydrogens (tertiary/aromatic N) is 1. The van der Waals surface area contributed by atoms with E-state index in [0.717, 1.165) is 6.54 Å². The second-order valence-corrected chi connectivity index (χ2v) is 5.75. The lowest BCUT2D eigenvalue weighted by atomic mass is 9.72. The molecule has 1 aromatic carbocycles. The zero-order chi connectivity index (χ0) is 14.3. The van der Waals surface area contributed by atoms with Gasteiger partial charge < -0.3 is 5.32 Å². The third kappa shape index (κ3) is 1.81. The summed E-state index contributed by atoms with van der Waals surface area (Å²) in [5, 5.41) is 5.25. The van der Waals surface area contributed by atoms with Crippen LogP contribution >= 0.6 is 0 Å². The van der Waals surface area contributed by atoms with Gasteiger partial charge in [-0.2, -0.15) is 0 Å². The molecule has 2 aliphatic rings. The van der Waals surface area contributed by atoms with Crippen molar-refractivity contribution < 1.29 is 9.59 Å². The third-order valence-corrected chi connectivity index (χ3v) is 4.69. The highest BCUT2D eigenvalue weighted by Crippen LogP contribution is 2.42. The highest BCUT2D eigenvalue weighted by atomic mass is 16.2. The minimum atomic E-state index is -0.774. The normalized spacial score (nSPS) is 34.1. The van der Waals surface area contributed by atoms with Gasteiger partial charge in [0.25, 0.3) is 5.91 Å². The van der Waals surface area contributed by atoms with E-state index in [1.807, 2.05) is 25.1 Å². The molecule has 5 nitrogen and oxygen atoms in total. The van der Waals surface area contributed by atoms with Gasteiger partial charge in [0, 0.05) is 18.5 Å². The van der Waals surface area contributed by atoms with Crippen LogP contribution in [0.2, 0.25) is 0 Å². The van der Waals surface area contributed by atoms with E-state index in [1.165, 1.54) is 5.56 Å². The highest BCUT2D eigenvalue weighted by Gasteiger charge is 2.55. The highest BCUT2D eigenvalue weighted by molar-refractivity contribution is 6.07. The molecule has 3 rings (SSSR count). The SMILES string of the molecule is C[C@@H]1[C@@H](c2ccccc2)N(C)CC[C@@]12NC(=O)NC2=O. The number of amides is 3. The summed E-state index contributed by atoms with van der Waals surface area (Å²) in [7, 11) is 2.07. The maximum absolute atomic E-state index is 12.2. The summed E-state index contributed by atoms with van der Waals surface area (Å²) in [5.74, 6) is -0.181. The van der Waals surface area contributed by atoms with E-state index in [2.05, 4.69) is 34.7 Å². The molecular weight excluding hydrogens is 254 g/mol. The van der Waals surface area contributed by atoms with Gasteiger partial charge in [0.2, 0.25) is 0 Å². The van der Waals surface area contributed by atoms with E-state index in [-0.39, 0.29) is 23.9 Å². The van der Waals surface area contributed by atoms with Crippen LogP contribution < -0.4 is 10.6 Å². The van der Waals surface area contributed by atoms with Gasteiger partial charge in [0.05, 0.1) is 0 Å². The van der Waals surface area contributed by atoms with Crippen LogP contribution in [0.1, 0.15) is 24.9 Å². The minimum Gasteiger partial charge on any atom is -0.323 e. The van der Waals surface area contributed by atoms with Crippen LogP contribution in [0.5, 0.6) is 0 Å². The summed E-state index contributed by atoms with van der Waals surface area (Å²) < 4.78 is 0. The van der Waals surface area contributed by atoms with Crippen LogP contribution in [0.25, 0.3) is 0 Å². The van der Waals surface area contributed by atoms with Crippen LogP contribution in [0.3, 0.4) is 0 Å². The van der Waals surface area contributed by atoms with Crippen LogP contribution in [0.15, 0.2) is 30.3 Å². The van der Waals surface area contributed by atoms with Gasteiger partial charge in [0.15, 0.2) is 0 Å². The van der Waals surface area contributed by atoms with Crippen LogP contribution in [0.4, 0.5) is 4.79 Å². The van der Waals surface area contributed by atoms with Crippen molar-refractivity contribution in [3.63, 3.8) is 0 Å². The van der Waals surface area contributed by atoms with Crippen molar-refractivity contribution in [3.05, 3.63) is 35.9 Å². The predicted molar refractivity (Wildman–Crippen MR) is 75.0 cm³/mol. The first-order chi connectivity index (χ1) is 9.54. The number of nitrogens with one attached hydrogen (secondary N) is 2. The molecule has 2 saturated heterocycles. The van der Waals surface area contributed by atoms with Crippen molar-refractivity contribution >= 4 is 11.9 Å². The lowest BCUT2D eigenvalue weighted by Crippen LogP contribution is -2.60. The van der Waals surface area contributed by atoms with Crippen LogP contribution in [-0.4, -0.2) is 36.0 Å². The fraction of sp³-hybridized carbons (Fsp3) is 0.467. The molecule has 2 aliphatic heterocycles. The van der Waals surface area contributed by atoms with Crippen LogP contribution in [0, 0.1) is 5.92 Å². The molecule has 1 aromatic rings. The lowest BCUT2D eigenvalue weighted by molar-refractivity contribution is -0.129. The molecule has 0 unspecified atom stereocenters. The summed E-state index contributed by atoms with van der Waals surface area (Å²) in [4.78, 5) is 26.0. The smallest absolute Gasteiger partial charge is 0.322 e. The van der Waals surface area contributed by atoms with E-state index < -0.39 is 5.54 Å². The minimum absolute atomic E-state index is 0.00935. The number of imide groups is 1. The fourth-order valence-electron chi connectivity index (χ4n) is 3.57. The summed E-state index contributed by atoms with van der Waals surface area (Å²) in [6, 6.07) is 9.88. The zero-order valence-electron chi connectivity index (χ0n) is 11.7. The van der Waals surface area contributed by atoms with Crippen molar-refractivity contribution in [3.8, 4) is 0 Å². The van der Waals surface area contributed by atoms with Crippen LogP contribution in [-0.2, 0) is 4.79 Å². The number of rotatable bonds is 1. The molecule has 5 heteroatoms. The Morgan fingerprint density at radius 1 is 1.25 bits per heavy atom. The number of urea groups is 1. The van der Waals surface area contributed by atoms with Gasteiger partial charge >= 0.3 is 6.03 Å². The molecule has 2 N–H and O–H groups in total. The first-order valence-electron chi connectivity index (χ1n) is 6.93. The Kier molecular flexibility index (Phi) is 3.01. The topological polar surface area (TPSA) is 61.4 Å². The number of hydrogen-bond donors (Lipinski definition) is 2. The molecular formula is C15H19N3O2. The Morgan fingerprint density at radius 2 is 1.95 bits per heavy atom. The Morgan fingerprint density at radius 3 is 2.55 bits per heavy atom. The summed E-state index contributed by atoms with van der Waals surface area (Å²) in [6.07, 6.45) is 0.644. The molecule has 0 radical (unpaired) electrons. The van der Waals surface area contributed by atoms with Gasteiger partial charge in [-0.1, -0.05) is 37.3 Å². The average molecular weight is 273 g/mol. The van der Waals surface area contributed by atoms with Gasteiger partial charge in [-0.05, 0) is 19.0 Å². The van der Waals surface area contributed by atoms with E-state index in [9.17, 15) is 9.59 Å². The number of piperidine rings is 1. The third-order valence-electron chi connectivity index (χ3n) is 4.69. The average Bonchev–Trinajstić information content (AvgIpc) is 2.72. The number of carbonyl (C=O) groups is 2. The zero-order valence-corrected chi connectivity index (χ0v) is 11.7. The molecule has 2 heterocycles. The second kappa shape index (κ2) is 4.59. The van der Waals surface area contributed by atoms with Gasteiger partial charge in [0.1, 0.15) is 5.54 Å². The summed E-state index contributed by atoms with van der Waals surface area (Å²) >= 11 is 0.